The Bertz CT molecular complexity index is 457. The Morgan fingerprint density at radius 2 is 1.42 bits per heavy atom. The van der Waals surface area contributed by atoms with E-state index in [2.05, 4.69) is 62.0 Å². The second kappa shape index (κ2) is 7.20. The van der Waals surface area contributed by atoms with Gasteiger partial charge in [-0.25, -0.2) is 0 Å². The topological polar surface area (TPSA) is 48.8 Å². The minimum atomic E-state index is -0.801. The quantitative estimate of drug-likeness (QED) is 0.313. The van der Waals surface area contributed by atoms with Crippen LogP contribution in [-0.2, 0) is 0 Å². The molecule has 0 saturated heterocycles. The van der Waals surface area contributed by atoms with Crippen LogP contribution >= 0.6 is 0 Å². The molecule has 0 aliphatic heterocycles. The SMILES string of the molecule is CC(C)c1cc(C(C)C)c([Te]N=[N+]=[N-])c(C(C)C)c1. The van der Waals surface area contributed by atoms with Crippen molar-refractivity contribution in [2.75, 3.05) is 0 Å². The normalized spacial score (nSPS) is 11.2. The van der Waals surface area contributed by atoms with Gasteiger partial charge in [0.25, 0.3) is 0 Å². The molecule has 0 amide bonds. The average Bonchev–Trinajstić information content (AvgIpc) is 2.34. The Balaban J connectivity index is 3.50. The summed E-state index contributed by atoms with van der Waals surface area (Å²) in [6, 6.07) is 4.63. The maximum atomic E-state index is 8.62. The Kier molecular flexibility index (Phi) is 6.20. The summed E-state index contributed by atoms with van der Waals surface area (Å²) >= 11 is -0.801. The number of rotatable bonds is 5. The van der Waals surface area contributed by atoms with E-state index in [9.17, 15) is 0 Å². The van der Waals surface area contributed by atoms with Gasteiger partial charge in [0.15, 0.2) is 0 Å². The van der Waals surface area contributed by atoms with Crippen LogP contribution in [0.1, 0.15) is 76.0 Å². The van der Waals surface area contributed by atoms with Gasteiger partial charge in [0.05, 0.1) is 0 Å². The summed E-state index contributed by atoms with van der Waals surface area (Å²) in [6.45, 7) is 13.3. The van der Waals surface area contributed by atoms with Crippen molar-refractivity contribution in [1.82, 2.24) is 0 Å². The van der Waals surface area contributed by atoms with Crippen LogP contribution in [0, 0.1) is 0 Å². The van der Waals surface area contributed by atoms with Crippen molar-refractivity contribution in [3.63, 3.8) is 0 Å². The zero-order chi connectivity index (χ0) is 14.6. The molecule has 1 rings (SSSR count). The molecule has 0 N–H and O–H groups in total. The van der Waals surface area contributed by atoms with E-state index in [4.69, 9.17) is 5.53 Å². The van der Waals surface area contributed by atoms with E-state index in [1.54, 1.807) is 0 Å². The molecule has 0 aliphatic carbocycles. The van der Waals surface area contributed by atoms with Crippen LogP contribution in [0.2, 0.25) is 0 Å². The summed E-state index contributed by atoms with van der Waals surface area (Å²) < 4.78 is 5.26. The third-order valence-electron chi connectivity index (χ3n) is 3.25. The van der Waals surface area contributed by atoms with Crippen molar-refractivity contribution in [3.05, 3.63) is 39.3 Å². The van der Waals surface area contributed by atoms with Gasteiger partial charge in [0, 0.05) is 0 Å². The van der Waals surface area contributed by atoms with E-state index >= 15 is 0 Å². The van der Waals surface area contributed by atoms with Crippen molar-refractivity contribution in [2.24, 2.45) is 3.36 Å². The van der Waals surface area contributed by atoms with E-state index in [-0.39, 0.29) is 0 Å². The Morgan fingerprint density at radius 3 is 1.74 bits per heavy atom. The fourth-order valence-corrected chi connectivity index (χ4v) is 4.67. The first kappa shape index (κ1) is 16.4. The summed E-state index contributed by atoms with van der Waals surface area (Å²) in [5.74, 6) is 1.49. The molecule has 0 aromatic heterocycles. The van der Waals surface area contributed by atoms with Crippen LogP contribution in [0.4, 0.5) is 0 Å². The zero-order valence-electron chi connectivity index (χ0n) is 12.6. The van der Waals surface area contributed by atoms with E-state index in [1.165, 1.54) is 20.3 Å². The minimum absolute atomic E-state index is 0.477. The second-order valence-corrected chi connectivity index (χ2v) is 7.91. The second-order valence-electron chi connectivity index (χ2n) is 5.75. The molecular weight excluding hydrogens is 350 g/mol. The number of hydrogen-bond acceptors (Lipinski definition) is 1. The molecule has 104 valence electrons. The molecule has 0 fully saturated rings. The first-order valence-electron chi connectivity index (χ1n) is 6.77. The molecule has 19 heavy (non-hydrogen) atoms. The monoisotopic (exact) mass is 375 g/mol. The molecule has 0 saturated carbocycles. The van der Waals surface area contributed by atoms with Crippen molar-refractivity contribution >= 4 is 24.8 Å². The fourth-order valence-electron chi connectivity index (χ4n) is 2.05. The summed E-state index contributed by atoms with van der Waals surface area (Å²) in [7, 11) is 0. The Morgan fingerprint density at radius 1 is 0.947 bits per heavy atom. The van der Waals surface area contributed by atoms with E-state index < -0.39 is 21.2 Å². The Hall–Kier alpha value is -0.680. The van der Waals surface area contributed by atoms with Crippen LogP contribution in [0.15, 0.2) is 15.5 Å². The molecule has 3 nitrogen and oxygen atoms in total. The molecule has 0 heterocycles. The average molecular weight is 373 g/mol. The van der Waals surface area contributed by atoms with E-state index in [0.29, 0.717) is 17.8 Å². The molecule has 0 unspecified atom stereocenters. The molecule has 4 heteroatoms. The first-order chi connectivity index (χ1) is 8.88. The standard InChI is InChI=1S/C15H23N3Te/c1-9(2)12-7-13(10(3)4)15(19-18-17-16)14(8-12)11(5)6/h7-11H,1-6H3. The molecule has 1 aromatic rings. The van der Waals surface area contributed by atoms with Crippen LogP contribution in [0.5, 0.6) is 0 Å². The fraction of sp³-hybridized carbons (Fsp3) is 0.600. The molecule has 0 bridgehead atoms. The molecule has 0 atom stereocenters. The van der Waals surface area contributed by atoms with Gasteiger partial charge < -0.3 is 0 Å². The maximum absolute atomic E-state index is 8.62. The van der Waals surface area contributed by atoms with Gasteiger partial charge in [-0.3, -0.25) is 0 Å². The van der Waals surface area contributed by atoms with Crippen molar-refractivity contribution in [1.29, 1.82) is 0 Å². The summed E-state index contributed by atoms with van der Waals surface area (Å²) in [6.07, 6.45) is 0. The molecule has 0 aliphatic rings. The van der Waals surface area contributed by atoms with Crippen molar-refractivity contribution < 1.29 is 0 Å². The zero-order valence-corrected chi connectivity index (χ0v) is 15.0. The van der Waals surface area contributed by atoms with Gasteiger partial charge in [-0.05, 0) is 0 Å². The number of azide groups is 1. The molecule has 0 radical (unpaired) electrons. The van der Waals surface area contributed by atoms with Gasteiger partial charge >= 0.3 is 127 Å². The van der Waals surface area contributed by atoms with Crippen molar-refractivity contribution in [2.45, 2.75) is 59.3 Å². The van der Waals surface area contributed by atoms with Crippen LogP contribution in [0.3, 0.4) is 0 Å². The predicted molar refractivity (Wildman–Crippen MR) is 83.2 cm³/mol. The first-order valence-corrected chi connectivity index (χ1v) is 8.98. The number of nitrogens with zero attached hydrogens (tertiary/aromatic N) is 3. The van der Waals surface area contributed by atoms with Gasteiger partial charge in [-0.1, -0.05) is 0 Å². The number of hydrogen-bond donors (Lipinski definition) is 0. The van der Waals surface area contributed by atoms with Crippen molar-refractivity contribution in [3.8, 4) is 0 Å². The van der Waals surface area contributed by atoms with Crippen LogP contribution < -0.4 is 3.61 Å². The van der Waals surface area contributed by atoms with Gasteiger partial charge in [0.1, 0.15) is 0 Å². The van der Waals surface area contributed by atoms with Gasteiger partial charge in [0.2, 0.25) is 0 Å². The van der Waals surface area contributed by atoms with E-state index in [0.717, 1.165) is 0 Å². The van der Waals surface area contributed by atoms with Gasteiger partial charge in [-0.2, -0.15) is 0 Å². The van der Waals surface area contributed by atoms with Gasteiger partial charge in [-0.15, -0.1) is 0 Å². The number of benzene rings is 1. The third-order valence-corrected chi connectivity index (χ3v) is 5.56. The summed E-state index contributed by atoms with van der Waals surface area (Å²) in [5.41, 5.74) is 12.8. The molecule has 1 aromatic carbocycles. The summed E-state index contributed by atoms with van der Waals surface area (Å²) in [4.78, 5) is 2.97. The Labute approximate surface area is 126 Å². The third kappa shape index (κ3) is 4.14. The van der Waals surface area contributed by atoms with Crippen LogP contribution in [-0.4, -0.2) is 21.2 Å². The molecular formula is C15H23N3Te. The predicted octanol–water partition coefficient (Wildman–Crippen LogP) is 4.61. The van der Waals surface area contributed by atoms with Crippen LogP contribution in [0.25, 0.3) is 10.4 Å². The van der Waals surface area contributed by atoms with E-state index in [1.807, 2.05) is 0 Å². The summed E-state index contributed by atoms with van der Waals surface area (Å²) in [5, 5.41) is 0. The molecule has 0 spiro atoms.